The van der Waals surface area contributed by atoms with Crippen molar-refractivity contribution in [1.29, 1.82) is 0 Å². The first-order valence-corrected chi connectivity index (χ1v) is 14.2. The van der Waals surface area contributed by atoms with Crippen LogP contribution in [0, 0.1) is 0 Å². The lowest BCUT2D eigenvalue weighted by atomic mass is 10.00. The minimum Gasteiger partial charge on any atom is -0.454 e. The van der Waals surface area contributed by atoms with E-state index in [2.05, 4.69) is 31.2 Å². The summed E-state index contributed by atoms with van der Waals surface area (Å²) in [5, 5.41) is 0. The molecule has 206 valence electrons. The molecule has 1 unspecified atom stereocenters. The van der Waals surface area contributed by atoms with Crippen LogP contribution in [0.2, 0.25) is 0 Å². The second-order valence-electron chi connectivity index (χ2n) is 9.95. The zero-order valence-electron chi connectivity index (χ0n) is 23.4. The van der Waals surface area contributed by atoms with Crippen molar-refractivity contribution in [2.75, 3.05) is 0 Å². The van der Waals surface area contributed by atoms with Gasteiger partial charge in [0.2, 0.25) is 5.78 Å². The average molecular weight is 529 g/mol. The van der Waals surface area contributed by atoms with Crippen LogP contribution in [-0.2, 0) is 16.0 Å². The molecular weight excluding hydrogens is 488 g/mol. The summed E-state index contributed by atoms with van der Waals surface area (Å²) < 4.78 is 10.7. The van der Waals surface area contributed by atoms with Gasteiger partial charge in [0, 0.05) is 12.0 Å². The first kappa shape index (κ1) is 29.8. The van der Waals surface area contributed by atoms with Gasteiger partial charge in [-0.1, -0.05) is 82.3 Å². The summed E-state index contributed by atoms with van der Waals surface area (Å²) in [4.78, 5) is 37.0. The van der Waals surface area contributed by atoms with Gasteiger partial charge in [0.25, 0.3) is 0 Å². The third-order valence-electron chi connectivity index (χ3n) is 6.74. The third kappa shape index (κ3) is 9.51. The molecule has 0 amide bonds. The number of esters is 2. The summed E-state index contributed by atoms with van der Waals surface area (Å²) in [5.41, 5.74) is 4.32. The maximum Gasteiger partial charge on any atom is 0.343 e. The van der Waals surface area contributed by atoms with Crippen molar-refractivity contribution >= 4 is 17.7 Å². The Morgan fingerprint density at radius 1 is 0.667 bits per heavy atom. The number of aryl methyl sites for hydroxylation is 1. The van der Waals surface area contributed by atoms with Gasteiger partial charge in [0.1, 0.15) is 5.75 Å². The molecular formula is C34H40O5. The summed E-state index contributed by atoms with van der Waals surface area (Å²) in [5.74, 6) is -0.816. The Morgan fingerprint density at radius 3 is 1.85 bits per heavy atom. The molecule has 3 aromatic carbocycles. The predicted octanol–water partition coefficient (Wildman–Crippen LogP) is 8.39. The SMILES string of the molecule is CCCCCCCc1ccc(-c2ccc(C(=O)Oc3ccc(C(=O)C(C)OC(=O)CCCC)cc3)cc2)cc1. The molecule has 0 fully saturated rings. The molecule has 0 aliphatic carbocycles. The van der Waals surface area contributed by atoms with Gasteiger partial charge in [-0.25, -0.2) is 4.79 Å². The molecule has 0 saturated carbocycles. The lowest BCUT2D eigenvalue weighted by molar-refractivity contribution is -0.146. The number of Topliss-reactive ketones (excluding diaryl/α,β-unsaturated/α-hetero) is 1. The number of ketones is 1. The number of unbranched alkanes of at least 4 members (excludes halogenated alkanes) is 5. The van der Waals surface area contributed by atoms with Crippen LogP contribution >= 0.6 is 0 Å². The van der Waals surface area contributed by atoms with Crippen molar-refractivity contribution in [2.45, 2.75) is 84.7 Å². The second kappa shape index (κ2) is 15.6. The van der Waals surface area contributed by atoms with Gasteiger partial charge in [0.05, 0.1) is 5.56 Å². The maximum atomic E-state index is 12.7. The zero-order valence-corrected chi connectivity index (χ0v) is 23.4. The topological polar surface area (TPSA) is 69.7 Å². The Labute approximate surface area is 232 Å². The van der Waals surface area contributed by atoms with Crippen LogP contribution in [-0.4, -0.2) is 23.8 Å². The van der Waals surface area contributed by atoms with E-state index in [-0.39, 0.29) is 11.8 Å². The quantitative estimate of drug-likeness (QED) is 0.0857. The third-order valence-corrected chi connectivity index (χ3v) is 6.74. The van der Waals surface area contributed by atoms with Crippen LogP contribution in [0.15, 0.2) is 72.8 Å². The fourth-order valence-corrected chi connectivity index (χ4v) is 4.31. The highest BCUT2D eigenvalue weighted by molar-refractivity contribution is 6.00. The number of carbonyl (C=O) groups is 3. The van der Waals surface area contributed by atoms with Gasteiger partial charge < -0.3 is 9.47 Å². The van der Waals surface area contributed by atoms with Crippen LogP contribution in [0.4, 0.5) is 0 Å². The molecule has 3 aromatic rings. The standard InChI is InChI=1S/C34H40O5/c1-4-6-8-9-10-11-26-13-15-27(16-14-26)28-17-19-30(20-18-28)34(37)39-31-23-21-29(22-24-31)33(36)25(3)38-32(35)12-7-5-2/h13-25H,4-12H2,1-3H3. The molecule has 3 rings (SSSR count). The van der Waals surface area contributed by atoms with Gasteiger partial charge in [0.15, 0.2) is 6.10 Å². The number of ether oxygens (including phenoxy) is 2. The molecule has 0 bridgehead atoms. The Hall–Kier alpha value is -3.73. The summed E-state index contributed by atoms with van der Waals surface area (Å²) in [6, 6.07) is 22.2. The summed E-state index contributed by atoms with van der Waals surface area (Å²) in [7, 11) is 0. The molecule has 0 heterocycles. The molecule has 1 atom stereocenters. The number of benzene rings is 3. The monoisotopic (exact) mass is 528 g/mol. The van der Waals surface area contributed by atoms with Crippen LogP contribution in [0.1, 0.15) is 98.4 Å². The molecule has 5 heteroatoms. The molecule has 0 spiro atoms. The normalized spacial score (nSPS) is 11.6. The summed E-state index contributed by atoms with van der Waals surface area (Å²) >= 11 is 0. The fraction of sp³-hybridized carbons (Fsp3) is 0.382. The Balaban J connectivity index is 1.52. The number of carbonyl (C=O) groups excluding carboxylic acids is 3. The summed E-state index contributed by atoms with van der Waals surface area (Å²) in [6.45, 7) is 5.78. The highest BCUT2D eigenvalue weighted by Crippen LogP contribution is 2.22. The van der Waals surface area contributed by atoms with Gasteiger partial charge in [-0.05, 0) is 79.3 Å². The van der Waals surface area contributed by atoms with Gasteiger partial charge in [-0.3, -0.25) is 9.59 Å². The lowest BCUT2D eigenvalue weighted by Gasteiger charge is -2.12. The van der Waals surface area contributed by atoms with E-state index in [0.29, 0.717) is 23.3 Å². The van der Waals surface area contributed by atoms with Crippen molar-refractivity contribution in [1.82, 2.24) is 0 Å². The van der Waals surface area contributed by atoms with E-state index >= 15 is 0 Å². The van der Waals surface area contributed by atoms with Gasteiger partial charge in [-0.15, -0.1) is 0 Å². The summed E-state index contributed by atoms with van der Waals surface area (Å²) in [6.07, 6.45) is 8.55. The first-order chi connectivity index (χ1) is 18.9. The molecule has 0 saturated heterocycles. The molecule has 39 heavy (non-hydrogen) atoms. The van der Waals surface area contributed by atoms with E-state index in [1.54, 1.807) is 43.3 Å². The molecule has 5 nitrogen and oxygen atoms in total. The van der Waals surface area contributed by atoms with E-state index < -0.39 is 12.1 Å². The predicted molar refractivity (Wildman–Crippen MR) is 155 cm³/mol. The Bertz CT molecular complexity index is 1190. The van der Waals surface area contributed by atoms with Crippen molar-refractivity contribution in [3.8, 4) is 16.9 Å². The lowest BCUT2D eigenvalue weighted by Crippen LogP contribution is -2.24. The average Bonchev–Trinajstić information content (AvgIpc) is 2.96. The van der Waals surface area contributed by atoms with Crippen LogP contribution in [0.25, 0.3) is 11.1 Å². The molecule has 0 radical (unpaired) electrons. The van der Waals surface area contributed by atoms with Crippen LogP contribution in [0.3, 0.4) is 0 Å². The smallest absolute Gasteiger partial charge is 0.343 e. The molecule has 0 aliphatic heterocycles. The molecule has 0 aliphatic rings. The Kier molecular flexibility index (Phi) is 11.9. The number of hydrogen-bond donors (Lipinski definition) is 0. The van der Waals surface area contributed by atoms with E-state index in [4.69, 9.17) is 9.47 Å². The van der Waals surface area contributed by atoms with E-state index in [0.717, 1.165) is 30.4 Å². The largest absolute Gasteiger partial charge is 0.454 e. The van der Waals surface area contributed by atoms with Crippen LogP contribution in [0.5, 0.6) is 5.75 Å². The van der Waals surface area contributed by atoms with Gasteiger partial charge >= 0.3 is 11.9 Å². The molecule has 0 aromatic heterocycles. The second-order valence-corrected chi connectivity index (χ2v) is 9.95. The minimum absolute atomic E-state index is 0.298. The van der Waals surface area contributed by atoms with Gasteiger partial charge in [-0.2, -0.15) is 0 Å². The molecule has 0 N–H and O–H groups in total. The van der Waals surface area contributed by atoms with E-state index in [1.807, 2.05) is 19.1 Å². The number of hydrogen-bond acceptors (Lipinski definition) is 5. The van der Waals surface area contributed by atoms with Crippen molar-refractivity contribution in [3.05, 3.63) is 89.5 Å². The minimum atomic E-state index is -0.868. The van der Waals surface area contributed by atoms with E-state index in [9.17, 15) is 14.4 Å². The van der Waals surface area contributed by atoms with Crippen molar-refractivity contribution < 1.29 is 23.9 Å². The van der Waals surface area contributed by atoms with Crippen molar-refractivity contribution in [3.63, 3.8) is 0 Å². The van der Waals surface area contributed by atoms with Crippen molar-refractivity contribution in [2.24, 2.45) is 0 Å². The maximum absolute atomic E-state index is 12.7. The van der Waals surface area contributed by atoms with E-state index in [1.165, 1.54) is 37.7 Å². The number of rotatable bonds is 15. The fourth-order valence-electron chi connectivity index (χ4n) is 4.31. The Morgan fingerprint density at radius 2 is 1.23 bits per heavy atom. The highest BCUT2D eigenvalue weighted by atomic mass is 16.5. The first-order valence-electron chi connectivity index (χ1n) is 14.2. The zero-order chi connectivity index (χ0) is 28.0. The highest BCUT2D eigenvalue weighted by Gasteiger charge is 2.19. The van der Waals surface area contributed by atoms with Crippen LogP contribution < -0.4 is 4.74 Å².